The number of hydrogen-bond acceptors (Lipinski definition) is 5. The number of aliphatic imine (C=N–C) groups is 1. The maximum Gasteiger partial charge on any atom is 0.239 e. The summed E-state index contributed by atoms with van der Waals surface area (Å²) < 4.78 is 5.68. The number of pyridine rings is 1. The highest BCUT2D eigenvalue weighted by atomic mass is 16.5. The van der Waals surface area contributed by atoms with Gasteiger partial charge in [-0.3, -0.25) is 14.7 Å². The summed E-state index contributed by atoms with van der Waals surface area (Å²) in [4.78, 5) is 28.0. The summed E-state index contributed by atoms with van der Waals surface area (Å²) in [6, 6.07) is 3.71. The summed E-state index contributed by atoms with van der Waals surface area (Å²) in [5.41, 5.74) is 0. The first kappa shape index (κ1) is 21.4. The maximum atomic E-state index is 12.7. The first-order valence-electron chi connectivity index (χ1n) is 10.8. The van der Waals surface area contributed by atoms with E-state index >= 15 is 0 Å². The van der Waals surface area contributed by atoms with E-state index in [1.807, 2.05) is 24.0 Å². The minimum absolute atomic E-state index is 0.0392. The molecule has 29 heavy (non-hydrogen) atoms. The van der Waals surface area contributed by atoms with Gasteiger partial charge >= 0.3 is 0 Å². The lowest BCUT2D eigenvalue weighted by Crippen LogP contribution is -2.57. The topological polar surface area (TPSA) is 73.3 Å². The molecule has 0 spiro atoms. The van der Waals surface area contributed by atoms with Crippen LogP contribution in [-0.2, 0) is 4.79 Å². The van der Waals surface area contributed by atoms with Crippen LogP contribution in [0.4, 0.5) is 0 Å². The number of ether oxygens (including phenoxy) is 1. The van der Waals surface area contributed by atoms with Gasteiger partial charge in [0.2, 0.25) is 5.91 Å². The number of nitrogens with zero attached hydrogens (tertiary/aromatic N) is 5. The molecule has 2 saturated heterocycles. The third-order valence-electron chi connectivity index (χ3n) is 5.53. The van der Waals surface area contributed by atoms with E-state index in [4.69, 9.17) is 9.73 Å². The number of nitrogens with one attached hydrogen (secondary N) is 1. The molecular weight excluding hydrogens is 368 g/mol. The highest BCUT2D eigenvalue weighted by molar-refractivity contribution is 5.82. The minimum Gasteiger partial charge on any atom is -0.490 e. The van der Waals surface area contributed by atoms with Crippen LogP contribution in [0, 0.1) is 0 Å². The maximum absolute atomic E-state index is 12.7. The van der Waals surface area contributed by atoms with Gasteiger partial charge in [-0.25, -0.2) is 4.99 Å². The standard InChI is InChI=1S/C21H34N6O2/c1-3-23-21(24-9-16-29-19-7-6-8-22-17-19)27-14-12-25(13-15-27)18(2)20(28)26-10-4-5-11-26/h6-8,17-18H,3-5,9-16H2,1-2H3,(H,23,24). The molecule has 1 N–H and O–H groups in total. The Morgan fingerprint density at radius 3 is 2.62 bits per heavy atom. The number of carbonyl (C=O) groups excluding carboxylic acids is 1. The van der Waals surface area contributed by atoms with Crippen LogP contribution in [0.5, 0.6) is 5.75 Å². The Bertz CT molecular complexity index is 654. The molecule has 3 heterocycles. The number of aromatic nitrogens is 1. The van der Waals surface area contributed by atoms with Crippen LogP contribution in [-0.4, -0.2) is 96.6 Å². The number of carbonyl (C=O) groups is 1. The van der Waals surface area contributed by atoms with E-state index < -0.39 is 0 Å². The molecule has 0 aliphatic carbocycles. The molecule has 1 unspecified atom stereocenters. The first-order valence-corrected chi connectivity index (χ1v) is 10.8. The molecule has 1 amide bonds. The van der Waals surface area contributed by atoms with Gasteiger partial charge < -0.3 is 19.9 Å². The molecule has 8 nitrogen and oxygen atoms in total. The zero-order chi connectivity index (χ0) is 20.5. The van der Waals surface area contributed by atoms with Crippen molar-refractivity contribution >= 4 is 11.9 Å². The number of amides is 1. The van der Waals surface area contributed by atoms with Gasteiger partial charge in [0.05, 0.1) is 18.8 Å². The Morgan fingerprint density at radius 2 is 1.97 bits per heavy atom. The van der Waals surface area contributed by atoms with Crippen molar-refractivity contribution in [2.24, 2.45) is 4.99 Å². The van der Waals surface area contributed by atoms with Gasteiger partial charge in [0, 0.05) is 52.0 Å². The monoisotopic (exact) mass is 402 g/mol. The molecule has 160 valence electrons. The van der Waals surface area contributed by atoms with Crippen molar-refractivity contribution in [2.45, 2.75) is 32.7 Å². The molecule has 2 fully saturated rings. The van der Waals surface area contributed by atoms with Crippen LogP contribution in [0.25, 0.3) is 0 Å². The fourth-order valence-corrected chi connectivity index (χ4v) is 3.85. The molecular formula is C21H34N6O2. The number of piperazine rings is 1. The lowest BCUT2D eigenvalue weighted by molar-refractivity contribution is -0.135. The normalized spacial score (nSPS) is 19.3. The molecule has 2 aliphatic rings. The average molecular weight is 403 g/mol. The number of rotatable bonds is 7. The summed E-state index contributed by atoms with van der Waals surface area (Å²) in [6.07, 6.45) is 5.71. The fourth-order valence-electron chi connectivity index (χ4n) is 3.85. The second-order valence-electron chi connectivity index (χ2n) is 7.50. The van der Waals surface area contributed by atoms with Crippen molar-refractivity contribution in [3.05, 3.63) is 24.5 Å². The lowest BCUT2D eigenvalue weighted by atomic mass is 10.2. The van der Waals surface area contributed by atoms with Crippen LogP contribution in [0.1, 0.15) is 26.7 Å². The van der Waals surface area contributed by atoms with Crippen molar-refractivity contribution in [3.63, 3.8) is 0 Å². The lowest BCUT2D eigenvalue weighted by Gasteiger charge is -2.39. The Labute approximate surface area is 173 Å². The molecule has 0 aromatic carbocycles. The Kier molecular flexibility index (Phi) is 8.10. The smallest absolute Gasteiger partial charge is 0.239 e. The van der Waals surface area contributed by atoms with E-state index in [1.54, 1.807) is 12.4 Å². The second kappa shape index (κ2) is 11.0. The van der Waals surface area contributed by atoms with E-state index in [0.717, 1.165) is 70.4 Å². The van der Waals surface area contributed by atoms with E-state index in [-0.39, 0.29) is 11.9 Å². The third-order valence-corrected chi connectivity index (χ3v) is 5.53. The van der Waals surface area contributed by atoms with Gasteiger partial charge in [-0.15, -0.1) is 0 Å². The van der Waals surface area contributed by atoms with Crippen LogP contribution < -0.4 is 10.1 Å². The fraction of sp³-hybridized carbons (Fsp3) is 0.667. The third kappa shape index (κ3) is 6.06. The molecule has 8 heteroatoms. The van der Waals surface area contributed by atoms with Crippen molar-refractivity contribution in [1.82, 2.24) is 25.0 Å². The molecule has 0 radical (unpaired) electrons. The summed E-state index contributed by atoms with van der Waals surface area (Å²) in [5, 5.41) is 3.38. The van der Waals surface area contributed by atoms with Crippen LogP contribution in [0.3, 0.4) is 0 Å². The highest BCUT2D eigenvalue weighted by Gasteiger charge is 2.30. The molecule has 0 saturated carbocycles. The number of guanidine groups is 1. The second-order valence-corrected chi connectivity index (χ2v) is 7.50. The van der Waals surface area contributed by atoms with Gasteiger partial charge in [-0.1, -0.05) is 0 Å². The van der Waals surface area contributed by atoms with Crippen molar-refractivity contribution in [3.8, 4) is 5.75 Å². The molecule has 3 rings (SSSR count). The summed E-state index contributed by atoms with van der Waals surface area (Å²) >= 11 is 0. The van der Waals surface area contributed by atoms with E-state index in [2.05, 4.69) is 27.0 Å². The molecule has 1 aromatic rings. The number of likely N-dealkylation sites (tertiary alicyclic amines) is 1. The van der Waals surface area contributed by atoms with E-state index in [1.165, 1.54) is 0 Å². The van der Waals surface area contributed by atoms with Crippen molar-refractivity contribution in [1.29, 1.82) is 0 Å². The predicted molar refractivity (Wildman–Crippen MR) is 114 cm³/mol. The first-order chi connectivity index (χ1) is 14.2. The Morgan fingerprint density at radius 1 is 1.21 bits per heavy atom. The average Bonchev–Trinajstić information content (AvgIpc) is 3.31. The van der Waals surface area contributed by atoms with Crippen LogP contribution in [0.15, 0.2) is 29.5 Å². The summed E-state index contributed by atoms with van der Waals surface area (Å²) in [6.45, 7) is 11.4. The molecule has 0 bridgehead atoms. The minimum atomic E-state index is -0.0392. The summed E-state index contributed by atoms with van der Waals surface area (Å²) in [7, 11) is 0. The summed E-state index contributed by atoms with van der Waals surface area (Å²) in [5.74, 6) is 1.96. The van der Waals surface area contributed by atoms with E-state index in [9.17, 15) is 4.79 Å². The van der Waals surface area contributed by atoms with Gasteiger partial charge in [0.25, 0.3) is 0 Å². The highest BCUT2D eigenvalue weighted by Crippen LogP contribution is 2.14. The van der Waals surface area contributed by atoms with Gasteiger partial charge in [0.15, 0.2) is 5.96 Å². The quantitative estimate of drug-likeness (QED) is 0.418. The zero-order valence-electron chi connectivity index (χ0n) is 17.7. The predicted octanol–water partition coefficient (Wildman–Crippen LogP) is 1.05. The Hall–Kier alpha value is -2.35. The van der Waals surface area contributed by atoms with Gasteiger partial charge in [-0.2, -0.15) is 0 Å². The Balaban J connectivity index is 1.46. The van der Waals surface area contributed by atoms with E-state index in [0.29, 0.717) is 13.2 Å². The number of hydrogen-bond donors (Lipinski definition) is 1. The van der Waals surface area contributed by atoms with Crippen LogP contribution in [0.2, 0.25) is 0 Å². The van der Waals surface area contributed by atoms with Crippen molar-refractivity contribution in [2.75, 3.05) is 59.0 Å². The molecule has 1 aromatic heterocycles. The largest absolute Gasteiger partial charge is 0.490 e. The zero-order valence-corrected chi connectivity index (χ0v) is 17.7. The van der Waals surface area contributed by atoms with Gasteiger partial charge in [0.1, 0.15) is 12.4 Å². The van der Waals surface area contributed by atoms with Gasteiger partial charge in [-0.05, 0) is 38.8 Å². The molecule has 2 aliphatic heterocycles. The van der Waals surface area contributed by atoms with Crippen molar-refractivity contribution < 1.29 is 9.53 Å². The SMILES string of the molecule is CCNC(=NCCOc1cccnc1)N1CCN(C(C)C(=O)N2CCCC2)CC1. The van der Waals surface area contributed by atoms with Crippen LogP contribution >= 0.6 is 0 Å². The molecule has 1 atom stereocenters.